The van der Waals surface area contributed by atoms with E-state index < -0.39 is 40.5 Å². The van der Waals surface area contributed by atoms with Crippen molar-refractivity contribution in [3.8, 4) is 11.5 Å². The van der Waals surface area contributed by atoms with E-state index in [1.54, 1.807) is 31.9 Å². The van der Waals surface area contributed by atoms with Crippen molar-refractivity contribution in [2.24, 2.45) is 0 Å². The molecule has 0 bridgehead atoms. The van der Waals surface area contributed by atoms with E-state index >= 15 is 0 Å². The zero-order chi connectivity index (χ0) is 50.8. The molecule has 0 amide bonds. The number of carbonyl (C=O) groups excluding carboxylic acids is 1. The van der Waals surface area contributed by atoms with Crippen LogP contribution in [0.5, 0.6) is 11.5 Å². The van der Waals surface area contributed by atoms with Crippen LogP contribution < -0.4 is 20.1 Å². The van der Waals surface area contributed by atoms with Crippen molar-refractivity contribution in [3.05, 3.63) is 171 Å². The Morgan fingerprint density at radius 1 is 0.789 bits per heavy atom. The van der Waals surface area contributed by atoms with E-state index in [0.717, 1.165) is 42.0 Å². The van der Waals surface area contributed by atoms with Crippen molar-refractivity contribution < 1.29 is 44.0 Å². The Balaban J connectivity index is 1.21. The molecule has 0 aromatic heterocycles. The van der Waals surface area contributed by atoms with Crippen LogP contribution in [0, 0.1) is 10.1 Å². The minimum absolute atomic E-state index is 0.00216. The first kappa shape index (κ1) is 53.7. The second-order valence-electron chi connectivity index (χ2n) is 18.4. The molecule has 1 heterocycles. The van der Waals surface area contributed by atoms with Gasteiger partial charge in [0.05, 0.1) is 27.5 Å². The van der Waals surface area contributed by atoms with Gasteiger partial charge >= 0.3 is 11.9 Å². The zero-order valence-corrected chi connectivity index (χ0v) is 41.3. The molecule has 0 fully saturated rings. The van der Waals surface area contributed by atoms with Gasteiger partial charge in [0.1, 0.15) is 43.5 Å². The number of unbranched alkanes of at least 4 members (excludes halogenated alkanes) is 3. The number of esters is 1. The Labute approximate surface area is 416 Å². The maximum atomic E-state index is 14.8. The van der Waals surface area contributed by atoms with Gasteiger partial charge in [-0.2, -0.15) is 0 Å². The van der Waals surface area contributed by atoms with Crippen molar-refractivity contribution in [2.75, 3.05) is 60.1 Å². The molecule has 0 radical (unpaired) electrons. The Morgan fingerprint density at radius 2 is 1.44 bits per heavy atom. The molecule has 0 spiro atoms. The predicted octanol–water partition coefficient (Wildman–Crippen LogP) is 8.22. The van der Waals surface area contributed by atoms with Crippen LogP contribution in [-0.4, -0.2) is 120 Å². The summed E-state index contributed by atoms with van der Waals surface area (Å²) in [7, 11) is 3.71. The summed E-state index contributed by atoms with van der Waals surface area (Å²) in [5.74, 6) is -1.81. The number of rotatable bonds is 29. The number of fused-ring (bicyclic) bond motifs is 1. The number of aliphatic hydroxyl groups is 2. The smallest absolute Gasteiger partial charge is 0.336 e. The lowest BCUT2D eigenvalue weighted by Crippen LogP contribution is -2.54. The molecule has 0 saturated heterocycles. The topological polar surface area (TPSA) is 196 Å². The summed E-state index contributed by atoms with van der Waals surface area (Å²) in [6, 6.07) is 38.9. The number of carboxylic acid groups (broad SMARTS) is 1. The molecule has 0 aliphatic carbocycles. The van der Waals surface area contributed by atoms with Gasteiger partial charge in [-0.05, 0) is 81.4 Å². The van der Waals surface area contributed by atoms with Crippen molar-refractivity contribution in [3.63, 3.8) is 0 Å². The number of β-amino-alcohol motifs (C(OH)–C–C–N with tert-alkyl or cyclic N) is 1. The highest BCUT2D eigenvalue weighted by Gasteiger charge is 2.41. The molecule has 71 heavy (non-hydrogen) atoms. The van der Waals surface area contributed by atoms with E-state index in [-0.39, 0.29) is 48.8 Å². The minimum Gasteiger partial charge on any atom is -0.491 e. The number of aliphatic hydroxyl groups excluding tert-OH is 2. The summed E-state index contributed by atoms with van der Waals surface area (Å²) >= 11 is 0. The van der Waals surface area contributed by atoms with Gasteiger partial charge in [-0.15, -0.1) is 0 Å². The molecule has 1 aliphatic rings. The first-order chi connectivity index (χ1) is 34.2. The van der Waals surface area contributed by atoms with Crippen LogP contribution in [0.15, 0.2) is 150 Å². The summed E-state index contributed by atoms with van der Waals surface area (Å²) in [6.45, 7) is 5.89. The molecular formula is C56H69N5O10. The Kier molecular flexibility index (Phi) is 20.1. The summed E-state index contributed by atoms with van der Waals surface area (Å²) in [4.78, 5) is 43.0. The van der Waals surface area contributed by atoms with Crippen molar-refractivity contribution in [1.29, 1.82) is 0 Å². The maximum absolute atomic E-state index is 14.8. The molecule has 1 aliphatic heterocycles. The highest BCUT2D eigenvalue weighted by Crippen LogP contribution is 2.43. The van der Waals surface area contributed by atoms with Crippen LogP contribution in [0.4, 0.5) is 5.69 Å². The van der Waals surface area contributed by atoms with Crippen LogP contribution >= 0.6 is 0 Å². The third-order valence-electron chi connectivity index (χ3n) is 13.2. The van der Waals surface area contributed by atoms with Gasteiger partial charge in [-0.25, -0.2) is 9.59 Å². The zero-order valence-electron chi connectivity index (χ0n) is 41.3. The number of nitro groups is 1. The first-order valence-electron chi connectivity index (χ1n) is 24.4. The van der Waals surface area contributed by atoms with Crippen LogP contribution in [0.3, 0.4) is 0 Å². The summed E-state index contributed by atoms with van der Waals surface area (Å²) < 4.78 is 18.3. The average Bonchev–Trinajstić information content (AvgIpc) is 3.38. The number of aliphatic carboxylic acids is 1. The Hall–Kier alpha value is -6.62. The number of nitro benzene ring substituents is 1. The van der Waals surface area contributed by atoms with Crippen molar-refractivity contribution >= 4 is 28.4 Å². The molecule has 5 N–H and O–H groups in total. The molecule has 6 rings (SSSR count). The molecule has 15 heteroatoms. The summed E-state index contributed by atoms with van der Waals surface area (Å²) in [5, 5.41) is 53.5. The third kappa shape index (κ3) is 15.4. The average molecular weight is 972 g/mol. The van der Waals surface area contributed by atoms with Crippen molar-refractivity contribution in [1.82, 2.24) is 20.4 Å². The fraction of sp³-hybridized carbons (Fsp3) is 0.393. The largest absolute Gasteiger partial charge is 0.491 e. The number of hydrogen-bond donors (Lipinski definition) is 5. The molecule has 4 unspecified atom stereocenters. The predicted molar refractivity (Wildman–Crippen MR) is 275 cm³/mol. The molecule has 378 valence electrons. The molecular weight excluding hydrogens is 903 g/mol. The summed E-state index contributed by atoms with van der Waals surface area (Å²) in [5.41, 5.74) is 1.14. The normalized spacial score (nSPS) is 15.6. The van der Waals surface area contributed by atoms with E-state index in [0.29, 0.717) is 61.9 Å². The molecule has 0 saturated carbocycles. The van der Waals surface area contributed by atoms with E-state index in [1.807, 2.05) is 98.0 Å². The molecule has 4 atom stereocenters. The van der Waals surface area contributed by atoms with Gasteiger partial charge in [0.2, 0.25) is 0 Å². The lowest BCUT2D eigenvalue weighted by atomic mass is 9.79. The number of non-ortho nitro benzene ring substituents is 1. The monoisotopic (exact) mass is 972 g/mol. The van der Waals surface area contributed by atoms with Crippen LogP contribution in [-0.2, 0) is 20.9 Å². The number of carbonyl (C=O) groups is 2. The highest BCUT2D eigenvalue weighted by atomic mass is 16.6. The number of carboxylic acids is 1. The number of para-hydroxylation sites is 1. The quantitative estimate of drug-likeness (QED) is 0.0133. The highest BCUT2D eigenvalue weighted by molar-refractivity contribution is 5.99. The van der Waals surface area contributed by atoms with E-state index in [1.165, 1.54) is 18.2 Å². The Bertz CT molecular complexity index is 2590. The first-order valence-corrected chi connectivity index (χ1v) is 24.4. The summed E-state index contributed by atoms with van der Waals surface area (Å²) in [6.07, 6.45) is 2.81. The number of nitrogens with one attached hydrogen (secondary N) is 2. The second-order valence-corrected chi connectivity index (χ2v) is 18.4. The lowest BCUT2D eigenvalue weighted by molar-refractivity contribution is -0.384. The minimum atomic E-state index is -1.26. The third-order valence-corrected chi connectivity index (χ3v) is 13.2. The fourth-order valence-electron chi connectivity index (χ4n) is 9.03. The van der Waals surface area contributed by atoms with Gasteiger partial charge in [0, 0.05) is 62.1 Å². The van der Waals surface area contributed by atoms with Crippen molar-refractivity contribution in [2.45, 2.75) is 82.6 Å². The second kappa shape index (κ2) is 26.6. The number of nitrogens with zero attached hydrogens (tertiary/aromatic N) is 3. The van der Waals surface area contributed by atoms with E-state index in [9.17, 15) is 35.0 Å². The number of allylic oxidation sites excluding steroid dienone is 2. The molecule has 15 nitrogen and oxygen atoms in total. The Morgan fingerprint density at radius 3 is 2.18 bits per heavy atom. The molecule has 5 aromatic carbocycles. The maximum Gasteiger partial charge on any atom is 0.336 e. The van der Waals surface area contributed by atoms with Crippen LogP contribution in [0.25, 0.3) is 10.8 Å². The van der Waals surface area contributed by atoms with Crippen LogP contribution in [0.2, 0.25) is 0 Å². The van der Waals surface area contributed by atoms with E-state index in [2.05, 4.69) is 27.7 Å². The van der Waals surface area contributed by atoms with E-state index in [4.69, 9.17) is 14.2 Å². The lowest BCUT2D eigenvalue weighted by Gasteiger charge is -2.38. The number of ether oxygens (including phenoxy) is 3. The van der Waals surface area contributed by atoms with Gasteiger partial charge in [-0.3, -0.25) is 10.1 Å². The SMILES string of the molecule is CC1=C(C(=O)O)C(c2cccc([N+](=O)[O-])c2)C(C(=O)OCC(CCCCCCNCC(O)COc2ccccc2)(CCN(C)Cc2ccccc2)NCC(O)COc2cccc3ccccc23)=C(C)N1C. The van der Waals surface area contributed by atoms with Gasteiger partial charge in [-0.1, -0.05) is 116 Å². The van der Waals surface area contributed by atoms with Crippen LogP contribution in [0.1, 0.15) is 69.4 Å². The fourth-order valence-corrected chi connectivity index (χ4v) is 9.03. The number of hydrogen-bond acceptors (Lipinski definition) is 13. The number of benzene rings is 5. The molecule has 5 aromatic rings. The van der Waals surface area contributed by atoms with Gasteiger partial charge in [0.15, 0.2) is 0 Å². The van der Waals surface area contributed by atoms with Gasteiger partial charge in [0.25, 0.3) is 5.69 Å². The standard InChI is InChI=1S/C56H69N5O10/c1-40-51(54(64)65)53(44-23-17-24-45(33-44)61(67)68)52(41(2)60(40)4)55(66)71-39-56(30-32-59(3)36-42-19-9-7-10-20-42,58-35-47(63)38-70-50-28-18-22-43-21-13-14-27-49(43)50)29-15-5-6-16-31-57-34-46(62)37-69-48-25-11-8-12-26-48/h7-14,17-28,33,46-47,53,57-58,62-63H,5-6,15-16,29-32,34-39H2,1-4H3,(H,64,65). The van der Waals surface area contributed by atoms with Gasteiger partial charge < -0.3 is 50.0 Å².